The normalized spacial score (nSPS) is 16.0. The Kier molecular flexibility index (Phi) is 4.62. The van der Waals surface area contributed by atoms with Crippen molar-refractivity contribution in [2.24, 2.45) is 4.99 Å². The molecule has 0 radical (unpaired) electrons. The number of thioether (sulfide) groups is 1. The Morgan fingerprint density at radius 1 is 0.966 bits per heavy atom. The molecule has 1 aliphatic rings. The standard InChI is InChI=1S/C23H17N3O2S/c27-23-15-26(25-28-23)18-12-10-16(11-13-18)20-14-22(17-6-2-1-3-7-17)29-21-9-5-4-8-19(21)24-20/h1-13,15,22H,14H2/p+1. The Morgan fingerprint density at radius 2 is 1.72 bits per heavy atom. The Hall–Kier alpha value is -3.38. The van der Waals surface area contributed by atoms with E-state index in [0.717, 1.165) is 29.1 Å². The van der Waals surface area contributed by atoms with Crippen molar-refractivity contribution in [3.8, 4) is 5.69 Å². The zero-order valence-electron chi connectivity index (χ0n) is 15.5. The first kappa shape index (κ1) is 17.7. The number of hydrogen-bond donors (Lipinski definition) is 1. The fraction of sp³-hybridized carbons (Fsp3) is 0.0870. The van der Waals surface area contributed by atoms with Crippen molar-refractivity contribution in [3.05, 3.63) is 107 Å². The Balaban J connectivity index is 1.54. The maximum atomic E-state index is 11.3. The van der Waals surface area contributed by atoms with Crippen LogP contribution in [0.5, 0.6) is 0 Å². The predicted molar refractivity (Wildman–Crippen MR) is 113 cm³/mol. The van der Waals surface area contributed by atoms with Crippen LogP contribution < -0.4 is 10.3 Å². The average molecular weight is 400 g/mol. The van der Waals surface area contributed by atoms with Crippen molar-refractivity contribution in [1.29, 1.82) is 0 Å². The minimum Gasteiger partial charge on any atom is -0.283 e. The van der Waals surface area contributed by atoms with Crippen LogP contribution in [0.3, 0.4) is 0 Å². The van der Waals surface area contributed by atoms with E-state index >= 15 is 0 Å². The molecule has 142 valence electrons. The molecule has 0 bridgehead atoms. The highest BCUT2D eigenvalue weighted by atomic mass is 32.2. The van der Waals surface area contributed by atoms with Crippen molar-refractivity contribution in [2.45, 2.75) is 16.6 Å². The van der Waals surface area contributed by atoms with Crippen LogP contribution in [0.1, 0.15) is 22.8 Å². The Morgan fingerprint density at radius 3 is 2.48 bits per heavy atom. The van der Waals surface area contributed by atoms with Gasteiger partial charge in [-0.1, -0.05) is 42.5 Å². The number of benzene rings is 3. The third-order valence-corrected chi connectivity index (χ3v) is 6.22. The molecular formula is C23H18N3O2S+. The molecule has 1 N–H and O–H groups in total. The number of aromatic nitrogens is 2. The molecule has 4 aromatic rings. The zero-order valence-corrected chi connectivity index (χ0v) is 16.3. The molecular weight excluding hydrogens is 382 g/mol. The highest BCUT2D eigenvalue weighted by Crippen LogP contribution is 2.45. The van der Waals surface area contributed by atoms with Gasteiger partial charge in [0.15, 0.2) is 0 Å². The number of aromatic amines is 1. The SMILES string of the molecule is O=c1c[n+](-c2ccc(C3=Nc4ccccc4SC(c4ccccc4)C3)cc2)[nH]o1. The summed E-state index contributed by atoms with van der Waals surface area (Å²) in [6, 6.07) is 26.8. The quantitative estimate of drug-likeness (QED) is 0.511. The van der Waals surface area contributed by atoms with E-state index in [0.29, 0.717) is 0 Å². The van der Waals surface area contributed by atoms with Crippen LogP contribution in [0.25, 0.3) is 5.69 Å². The Labute approximate surface area is 171 Å². The lowest BCUT2D eigenvalue weighted by Crippen LogP contribution is -2.32. The number of aliphatic imine (C=N–C) groups is 1. The summed E-state index contributed by atoms with van der Waals surface area (Å²) >= 11 is 1.86. The molecule has 1 aliphatic heterocycles. The summed E-state index contributed by atoms with van der Waals surface area (Å²) in [6.45, 7) is 0. The predicted octanol–water partition coefficient (Wildman–Crippen LogP) is 4.60. The summed E-state index contributed by atoms with van der Waals surface area (Å²) in [5.74, 6) is 0. The molecule has 2 heterocycles. The van der Waals surface area contributed by atoms with Crippen LogP contribution in [0.15, 0.2) is 104 Å². The second-order valence-electron chi connectivity index (χ2n) is 6.81. The van der Waals surface area contributed by atoms with Gasteiger partial charge in [-0.15, -0.1) is 11.8 Å². The lowest BCUT2D eigenvalue weighted by atomic mass is 10.0. The van der Waals surface area contributed by atoms with Crippen molar-refractivity contribution >= 4 is 23.2 Å². The Bertz CT molecular complexity index is 1230. The van der Waals surface area contributed by atoms with Crippen LogP contribution in [-0.2, 0) is 0 Å². The summed E-state index contributed by atoms with van der Waals surface area (Å²) in [5, 5.41) is 2.86. The molecule has 0 aliphatic carbocycles. The average Bonchev–Trinajstić information content (AvgIpc) is 3.10. The van der Waals surface area contributed by atoms with E-state index in [1.165, 1.54) is 16.7 Å². The van der Waals surface area contributed by atoms with E-state index in [4.69, 9.17) is 9.52 Å². The fourth-order valence-corrected chi connectivity index (χ4v) is 4.67. The maximum absolute atomic E-state index is 11.3. The molecule has 5 nitrogen and oxygen atoms in total. The van der Waals surface area contributed by atoms with Gasteiger partial charge in [0.2, 0.25) is 5.69 Å². The molecule has 6 heteroatoms. The summed E-state index contributed by atoms with van der Waals surface area (Å²) in [5.41, 5.74) is 4.82. The molecule has 3 aromatic carbocycles. The third-order valence-electron chi connectivity index (χ3n) is 4.90. The van der Waals surface area contributed by atoms with Gasteiger partial charge in [-0.05, 0) is 45.3 Å². The second kappa shape index (κ2) is 7.56. The number of nitrogens with zero attached hydrogens (tertiary/aromatic N) is 2. The lowest BCUT2D eigenvalue weighted by molar-refractivity contribution is -0.670. The van der Waals surface area contributed by atoms with Crippen LogP contribution in [0.2, 0.25) is 0 Å². The van der Waals surface area contributed by atoms with Gasteiger partial charge in [-0.3, -0.25) is 9.52 Å². The fourth-order valence-electron chi connectivity index (χ4n) is 3.44. The molecule has 0 saturated carbocycles. The van der Waals surface area contributed by atoms with Crippen molar-refractivity contribution in [1.82, 2.24) is 5.27 Å². The van der Waals surface area contributed by atoms with Crippen LogP contribution in [0, 0.1) is 0 Å². The molecule has 1 unspecified atom stereocenters. The first-order chi connectivity index (χ1) is 14.3. The number of H-pyrrole nitrogens is 1. The molecule has 5 rings (SSSR count). The second-order valence-corrected chi connectivity index (χ2v) is 8.05. The van der Waals surface area contributed by atoms with Gasteiger partial charge >= 0.3 is 5.63 Å². The molecule has 0 fully saturated rings. The minimum atomic E-state index is -0.415. The van der Waals surface area contributed by atoms with Gasteiger partial charge in [-0.2, -0.15) is 0 Å². The third kappa shape index (κ3) is 3.67. The first-order valence-electron chi connectivity index (χ1n) is 9.35. The zero-order chi connectivity index (χ0) is 19.6. The highest BCUT2D eigenvalue weighted by Gasteiger charge is 2.22. The van der Waals surface area contributed by atoms with Crippen LogP contribution >= 0.6 is 11.8 Å². The van der Waals surface area contributed by atoms with E-state index in [-0.39, 0.29) is 5.25 Å². The van der Waals surface area contributed by atoms with Gasteiger partial charge in [0.25, 0.3) is 6.20 Å². The maximum Gasteiger partial charge on any atom is 0.427 e. The molecule has 29 heavy (non-hydrogen) atoms. The monoisotopic (exact) mass is 400 g/mol. The minimum absolute atomic E-state index is 0.290. The van der Waals surface area contributed by atoms with E-state index < -0.39 is 5.63 Å². The van der Waals surface area contributed by atoms with Gasteiger partial charge in [-0.25, -0.2) is 4.79 Å². The van der Waals surface area contributed by atoms with Gasteiger partial charge in [0.1, 0.15) is 0 Å². The molecule has 0 spiro atoms. The van der Waals surface area contributed by atoms with Gasteiger partial charge in [0, 0.05) is 34.4 Å². The summed E-state index contributed by atoms with van der Waals surface area (Å²) in [6.07, 6.45) is 2.20. The number of hydrogen-bond acceptors (Lipinski definition) is 4. The van der Waals surface area contributed by atoms with Crippen molar-refractivity contribution in [2.75, 3.05) is 0 Å². The summed E-state index contributed by atoms with van der Waals surface area (Å²) < 4.78 is 6.29. The smallest absolute Gasteiger partial charge is 0.283 e. The molecule has 0 saturated heterocycles. The van der Waals surface area contributed by atoms with E-state index in [9.17, 15) is 4.79 Å². The number of para-hydroxylation sites is 1. The first-order valence-corrected chi connectivity index (χ1v) is 10.2. The van der Waals surface area contributed by atoms with E-state index in [1.54, 1.807) is 4.68 Å². The van der Waals surface area contributed by atoms with Gasteiger partial charge in [0.05, 0.1) is 5.69 Å². The van der Waals surface area contributed by atoms with Crippen LogP contribution in [-0.4, -0.2) is 11.0 Å². The largest absolute Gasteiger partial charge is 0.427 e. The molecule has 1 atom stereocenters. The van der Waals surface area contributed by atoms with Crippen molar-refractivity contribution in [3.63, 3.8) is 0 Å². The highest BCUT2D eigenvalue weighted by molar-refractivity contribution is 7.99. The van der Waals surface area contributed by atoms with E-state index in [1.807, 2.05) is 48.2 Å². The number of rotatable bonds is 3. The summed E-state index contributed by atoms with van der Waals surface area (Å²) in [7, 11) is 0. The van der Waals surface area contributed by atoms with E-state index in [2.05, 4.69) is 47.7 Å². The van der Waals surface area contributed by atoms with Crippen LogP contribution in [0.4, 0.5) is 5.69 Å². The number of nitrogens with one attached hydrogen (secondary N) is 1. The molecule has 1 aromatic heterocycles. The number of fused-ring (bicyclic) bond motifs is 1. The van der Waals surface area contributed by atoms with Crippen molar-refractivity contribution < 1.29 is 9.20 Å². The lowest BCUT2D eigenvalue weighted by Gasteiger charge is -2.16. The van der Waals surface area contributed by atoms with Gasteiger partial charge < -0.3 is 0 Å². The molecule has 0 amide bonds. The topological polar surface area (TPSA) is 62.2 Å². The summed E-state index contributed by atoms with van der Waals surface area (Å²) in [4.78, 5) is 17.5.